The molecule has 0 radical (unpaired) electrons. The SMILES string of the molecule is CC(N)C(c1ccncc1)N1CCC(C(N)=O)CC1. The van der Waals surface area contributed by atoms with Gasteiger partial charge < -0.3 is 11.5 Å². The molecule has 2 rings (SSSR count). The number of carbonyl (C=O) groups is 1. The number of nitrogens with two attached hydrogens (primary N) is 2. The van der Waals surface area contributed by atoms with Crippen LogP contribution in [0.25, 0.3) is 0 Å². The van der Waals surface area contributed by atoms with E-state index in [1.807, 2.05) is 19.1 Å². The number of rotatable bonds is 4. The maximum atomic E-state index is 11.2. The van der Waals surface area contributed by atoms with Crippen LogP contribution < -0.4 is 11.5 Å². The molecule has 1 aliphatic rings. The van der Waals surface area contributed by atoms with Gasteiger partial charge in [-0.3, -0.25) is 14.7 Å². The van der Waals surface area contributed by atoms with Crippen molar-refractivity contribution in [3.05, 3.63) is 30.1 Å². The topological polar surface area (TPSA) is 85.2 Å². The van der Waals surface area contributed by atoms with Crippen molar-refractivity contribution >= 4 is 5.91 Å². The highest BCUT2D eigenvalue weighted by Gasteiger charge is 2.30. The molecule has 1 amide bonds. The summed E-state index contributed by atoms with van der Waals surface area (Å²) in [7, 11) is 0. The molecule has 4 N–H and O–H groups in total. The van der Waals surface area contributed by atoms with E-state index in [9.17, 15) is 4.79 Å². The molecule has 5 heteroatoms. The van der Waals surface area contributed by atoms with E-state index >= 15 is 0 Å². The van der Waals surface area contributed by atoms with E-state index in [1.165, 1.54) is 5.56 Å². The molecule has 1 saturated heterocycles. The number of carbonyl (C=O) groups excluding carboxylic acids is 1. The summed E-state index contributed by atoms with van der Waals surface area (Å²) in [6.45, 7) is 3.75. The van der Waals surface area contributed by atoms with Crippen molar-refractivity contribution in [3.63, 3.8) is 0 Å². The van der Waals surface area contributed by atoms with Gasteiger partial charge in [0.05, 0.1) is 0 Å². The summed E-state index contributed by atoms with van der Waals surface area (Å²) < 4.78 is 0. The first-order chi connectivity index (χ1) is 9.09. The van der Waals surface area contributed by atoms with Crippen LogP contribution in [0.4, 0.5) is 0 Å². The fourth-order valence-corrected chi connectivity index (χ4v) is 2.87. The third kappa shape index (κ3) is 3.30. The maximum Gasteiger partial charge on any atom is 0.220 e. The number of primary amides is 1. The Kier molecular flexibility index (Phi) is 4.50. The second kappa shape index (κ2) is 6.12. The number of aromatic nitrogens is 1. The monoisotopic (exact) mass is 262 g/mol. The van der Waals surface area contributed by atoms with Crippen LogP contribution in [0, 0.1) is 5.92 Å². The molecular formula is C14H22N4O. The molecule has 5 nitrogen and oxygen atoms in total. The molecule has 0 aliphatic carbocycles. The first-order valence-electron chi connectivity index (χ1n) is 6.78. The van der Waals surface area contributed by atoms with Gasteiger partial charge in [-0.15, -0.1) is 0 Å². The van der Waals surface area contributed by atoms with Gasteiger partial charge in [-0.1, -0.05) is 0 Å². The van der Waals surface area contributed by atoms with E-state index in [1.54, 1.807) is 12.4 Å². The largest absolute Gasteiger partial charge is 0.369 e. The van der Waals surface area contributed by atoms with Crippen molar-refractivity contribution in [2.75, 3.05) is 13.1 Å². The second-order valence-corrected chi connectivity index (χ2v) is 5.30. The number of pyridine rings is 1. The van der Waals surface area contributed by atoms with Gasteiger partial charge in [-0.05, 0) is 50.6 Å². The fourth-order valence-electron chi connectivity index (χ4n) is 2.87. The summed E-state index contributed by atoms with van der Waals surface area (Å²) in [4.78, 5) is 17.6. The molecule has 0 aromatic carbocycles. The maximum absolute atomic E-state index is 11.2. The van der Waals surface area contributed by atoms with E-state index in [0.717, 1.165) is 25.9 Å². The predicted octanol–water partition coefficient (Wildman–Crippen LogP) is 0.667. The average molecular weight is 262 g/mol. The standard InChI is InChI=1S/C14H22N4O/c1-10(15)13(11-2-6-17-7-3-11)18-8-4-12(5-9-18)14(16)19/h2-3,6-7,10,12-13H,4-5,8-9,15H2,1H3,(H2,16,19). The Labute approximate surface area is 114 Å². The van der Waals surface area contributed by atoms with Crippen molar-refractivity contribution in [1.82, 2.24) is 9.88 Å². The molecule has 1 aliphatic heterocycles. The molecule has 0 spiro atoms. The minimum Gasteiger partial charge on any atom is -0.369 e. The number of amides is 1. The van der Waals surface area contributed by atoms with Crippen LogP contribution in [0.3, 0.4) is 0 Å². The van der Waals surface area contributed by atoms with Crippen LogP contribution in [0.1, 0.15) is 31.4 Å². The van der Waals surface area contributed by atoms with Crippen molar-refractivity contribution in [1.29, 1.82) is 0 Å². The fraction of sp³-hybridized carbons (Fsp3) is 0.571. The lowest BCUT2D eigenvalue weighted by molar-refractivity contribution is -0.123. The average Bonchev–Trinajstić information content (AvgIpc) is 2.40. The van der Waals surface area contributed by atoms with Gasteiger partial charge in [-0.2, -0.15) is 0 Å². The van der Waals surface area contributed by atoms with Crippen LogP contribution in [0.2, 0.25) is 0 Å². The molecule has 1 fully saturated rings. The molecule has 2 heterocycles. The van der Waals surface area contributed by atoms with Gasteiger partial charge in [-0.25, -0.2) is 0 Å². The highest BCUT2D eigenvalue weighted by molar-refractivity contribution is 5.76. The third-order valence-corrected chi connectivity index (χ3v) is 3.87. The molecule has 2 atom stereocenters. The van der Waals surface area contributed by atoms with Gasteiger partial charge in [0.1, 0.15) is 0 Å². The van der Waals surface area contributed by atoms with Gasteiger partial charge in [0.15, 0.2) is 0 Å². The van der Waals surface area contributed by atoms with Gasteiger partial charge in [0, 0.05) is 30.4 Å². The normalized spacial score (nSPS) is 20.9. The van der Waals surface area contributed by atoms with E-state index in [0.29, 0.717) is 0 Å². The Morgan fingerprint density at radius 1 is 1.37 bits per heavy atom. The molecule has 0 saturated carbocycles. The van der Waals surface area contributed by atoms with E-state index in [4.69, 9.17) is 11.5 Å². The van der Waals surface area contributed by atoms with Crippen LogP contribution in [0.5, 0.6) is 0 Å². The zero-order chi connectivity index (χ0) is 13.8. The number of hydrogen-bond acceptors (Lipinski definition) is 4. The minimum absolute atomic E-state index is 0.0161. The number of likely N-dealkylation sites (tertiary alicyclic amines) is 1. The highest BCUT2D eigenvalue weighted by Crippen LogP contribution is 2.28. The Morgan fingerprint density at radius 2 is 1.95 bits per heavy atom. The first kappa shape index (κ1) is 14.0. The zero-order valence-electron chi connectivity index (χ0n) is 11.3. The van der Waals surface area contributed by atoms with Crippen LogP contribution in [-0.4, -0.2) is 34.9 Å². The number of nitrogens with zero attached hydrogens (tertiary/aromatic N) is 2. The summed E-state index contributed by atoms with van der Waals surface area (Å²) in [6, 6.07) is 4.23. The Hall–Kier alpha value is -1.46. The van der Waals surface area contributed by atoms with Crippen molar-refractivity contribution in [2.45, 2.75) is 31.8 Å². The van der Waals surface area contributed by atoms with Crippen LogP contribution in [0.15, 0.2) is 24.5 Å². The van der Waals surface area contributed by atoms with Crippen LogP contribution >= 0.6 is 0 Å². The molecule has 1 aromatic heterocycles. The summed E-state index contributed by atoms with van der Waals surface area (Å²) in [5.74, 6) is -0.164. The zero-order valence-corrected chi connectivity index (χ0v) is 11.3. The van der Waals surface area contributed by atoms with E-state index in [-0.39, 0.29) is 23.9 Å². The highest BCUT2D eigenvalue weighted by atomic mass is 16.1. The summed E-state index contributed by atoms with van der Waals surface area (Å²) in [5.41, 5.74) is 12.7. The number of piperidine rings is 1. The van der Waals surface area contributed by atoms with E-state index in [2.05, 4.69) is 9.88 Å². The minimum atomic E-state index is -0.180. The van der Waals surface area contributed by atoms with E-state index < -0.39 is 0 Å². The van der Waals surface area contributed by atoms with Crippen molar-refractivity contribution < 1.29 is 4.79 Å². The molecule has 19 heavy (non-hydrogen) atoms. The lowest BCUT2D eigenvalue weighted by Crippen LogP contribution is -2.45. The second-order valence-electron chi connectivity index (χ2n) is 5.30. The molecule has 1 aromatic rings. The van der Waals surface area contributed by atoms with Gasteiger partial charge in [0.2, 0.25) is 5.91 Å². The first-order valence-corrected chi connectivity index (χ1v) is 6.78. The van der Waals surface area contributed by atoms with Crippen molar-refractivity contribution in [3.8, 4) is 0 Å². The van der Waals surface area contributed by atoms with Gasteiger partial charge in [0.25, 0.3) is 0 Å². The molecular weight excluding hydrogens is 240 g/mol. The Balaban J connectivity index is 2.08. The Morgan fingerprint density at radius 3 is 2.42 bits per heavy atom. The van der Waals surface area contributed by atoms with Crippen molar-refractivity contribution in [2.24, 2.45) is 17.4 Å². The van der Waals surface area contributed by atoms with Gasteiger partial charge >= 0.3 is 0 Å². The smallest absolute Gasteiger partial charge is 0.220 e. The third-order valence-electron chi connectivity index (χ3n) is 3.87. The summed E-state index contributed by atoms with van der Waals surface area (Å²) >= 11 is 0. The Bertz CT molecular complexity index is 413. The number of hydrogen-bond donors (Lipinski definition) is 2. The predicted molar refractivity (Wildman–Crippen MR) is 74.1 cm³/mol. The van der Waals surface area contributed by atoms with Crippen LogP contribution in [-0.2, 0) is 4.79 Å². The lowest BCUT2D eigenvalue weighted by atomic mass is 9.92. The molecule has 2 unspecified atom stereocenters. The molecule has 0 bridgehead atoms. The quantitative estimate of drug-likeness (QED) is 0.835. The summed E-state index contributed by atoms with van der Waals surface area (Å²) in [6.07, 6.45) is 5.23. The summed E-state index contributed by atoms with van der Waals surface area (Å²) in [5, 5.41) is 0. The lowest BCUT2D eigenvalue weighted by Gasteiger charge is -2.38. The molecule has 104 valence electrons.